The molecule has 0 aliphatic rings. The molecule has 0 aliphatic carbocycles. The average molecular weight is 331 g/mol. The first-order chi connectivity index (χ1) is 9.36. The van der Waals surface area contributed by atoms with Crippen LogP contribution in [0, 0.1) is 5.92 Å². The van der Waals surface area contributed by atoms with Gasteiger partial charge >= 0.3 is 0 Å². The molecule has 2 rings (SSSR count). The summed E-state index contributed by atoms with van der Waals surface area (Å²) >= 11 is 2.88. The van der Waals surface area contributed by atoms with Crippen LogP contribution in [0.4, 0.5) is 0 Å². The van der Waals surface area contributed by atoms with Crippen molar-refractivity contribution in [1.82, 2.24) is 0 Å². The van der Waals surface area contributed by atoms with Gasteiger partial charge in [0.05, 0.1) is 15.6 Å². The standard InChI is InChI=1S/C12H17N3O2S3/c1-3-7(2)10(13)12(16)15-20(14,17)9-6-19-8-4-5-18-11(8)9/h4-7,10H,3,13H2,1-2H3,(H2,14,15,16,17)/t7-,10-,20?/m0/s1. The van der Waals surface area contributed by atoms with E-state index in [9.17, 15) is 9.00 Å². The van der Waals surface area contributed by atoms with Crippen molar-refractivity contribution in [1.29, 1.82) is 0 Å². The summed E-state index contributed by atoms with van der Waals surface area (Å²) < 4.78 is 18.1. The first-order valence-corrected chi connectivity index (χ1v) is 9.49. The zero-order chi connectivity index (χ0) is 14.9. The van der Waals surface area contributed by atoms with Crippen molar-refractivity contribution in [3.8, 4) is 0 Å². The van der Waals surface area contributed by atoms with E-state index < -0.39 is 21.9 Å². The number of fused-ring (bicyclic) bond motifs is 1. The van der Waals surface area contributed by atoms with Crippen LogP contribution in [0.5, 0.6) is 0 Å². The number of hydrogen-bond acceptors (Lipinski definition) is 5. The van der Waals surface area contributed by atoms with Gasteiger partial charge in [0.2, 0.25) is 0 Å². The molecule has 3 atom stereocenters. The van der Waals surface area contributed by atoms with E-state index in [-0.39, 0.29) is 5.92 Å². The first kappa shape index (κ1) is 15.6. The Morgan fingerprint density at radius 2 is 2.20 bits per heavy atom. The number of nitrogens with two attached hydrogens (primary N) is 2. The van der Waals surface area contributed by atoms with Crippen molar-refractivity contribution in [3.05, 3.63) is 16.8 Å². The van der Waals surface area contributed by atoms with Gasteiger partial charge in [-0.25, -0.2) is 9.35 Å². The molecule has 2 heterocycles. The van der Waals surface area contributed by atoms with Crippen LogP contribution in [0.25, 0.3) is 9.40 Å². The van der Waals surface area contributed by atoms with Crippen LogP contribution < -0.4 is 10.9 Å². The molecular formula is C12H17N3O2S3. The quantitative estimate of drug-likeness (QED) is 0.900. The molecule has 0 spiro atoms. The molecule has 1 unspecified atom stereocenters. The lowest BCUT2D eigenvalue weighted by atomic mass is 10.00. The molecule has 2 aromatic heterocycles. The Hall–Kier alpha value is -0.800. The second-order valence-electron chi connectivity index (χ2n) is 4.62. The topological polar surface area (TPSA) is 98.5 Å². The van der Waals surface area contributed by atoms with Gasteiger partial charge in [-0.15, -0.1) is 27.0 Å². The van der Waals surface area contributed by atoms with E-state index in [1.807, 2.05) is 25.3 Å². The van der Waals surface area contributed by atoms with Gasteiger partial charge in [-0.1, -0.05) is 20.3 Å². The first-order valence-electron chi connectivity index (χ1n) is 6.16. The predicted octanol–water partition coefficient (Wildman–Crippen LogP) is 2.56. The summed E-state index contributed by atoms with van der Waals surface area (Å²) in [5.41, 5.74) is 5.81. The molecule has 20 heavy (non-hydrogen) atoms. The van der Waals surface area contributed by atoms with Crippen molar-refractivity contribution in [3.63, 3.8) is 0 Å². The highest BCUT2D eigenvalue weighted by Gasteiger charge is 2.22. The van der Waals surface area contributed by atoms with Crippen molar-refractivity contribution in [2.45, 2.75) is 31.2 Å². The van der Waals surface area contributed by atoms with Crippen LogP contribution in [0.2, 0.25) is 0 Å². The monoisotopic (exact) mass is 331 g/mol. The molecule has 0 aromatic carbocycles. The number of hydrogen-bond donors (Lipinski definition) is 2. The van der Waals surface area contributed by atoms with Gasteiger partial charge in [-0.3, -0.25) is 4.79 Å². The number of amides is 1. The normalized spacial score (nSPS) is 17.6. The summed E-state index contributed by atoms with van der Waals surface area (Å²) in [5, 5.41) is 9.39. The van der Waals surface area contributed by atoms with Gasteiger partial charge in [-0.05, 0) is 17.4 Å². The van der Waals surface area contributed by atoms with Crippen molar-refractivity contribution in [2.75, 3.05) is 0 Å². The van der Waals surface area contributed by atoms with E-state index in [1.165, 1.54) is 22.7 Å². The minimum Gasteiger partial charge on any atom is -0.320 e. The second kappa shape index (κ2) is 5.90. The van der Waals surface area contributed by atoms with E-state index >= 15 is 0 Å². The molecule has 0 bridgehead atoms. The maximum absolute atomic E-state index is 12.5. The predicted molar refractivity (Wildman–Crippen MR) is 85.2 cm³/mol. The molecule has 1 amide bonds. The van der Waals surface area contributed by atoms with Gasteiger partial charge in [0.25, 0.3) is 5.91 Å². The lowest BCUT2D eigenvalue weighted by molar-refractivity contribution is -0.119. The van der Waals surface area contributed by atoms with Gasteiger partial charge in [0.1, 0.15) is 9.92 Å². The third-order valence-corrected chi connectivity index (χ3v) is 6.94. The fourth-order valence-electron chi connectivity index (χ4n) is 1.68. The van der Waals surface area contributed by atoms with Crippen LogP contribution in [0.15, 0.2) is 26.1 Å². The smallest absolute Gasteiger partial charge is 0.272 e. The molecule has 2 aromatic rings. The molecule has 0 saturated heterocycles. The SMILES string of the molecule is CC[C@H](C)[C@H](N)C(=O)N=S(N)(=O)c1csc2ccsc12. The van der Waals surface area contributed by atoms with Crippen LogP contribution in [0.3, 0.4) is 0 Å². The van der Waals surface area contributed by atoms with Crippen LogP contribution in [0.1, 0.15) is 20.3 Å². The van der Waals surface area contributed by atoms with Crippen LogP contribution in [-0.4, -0.2) is 16.2 Å². The minimum atomic E-state index is -3.23. The molecule has 0 radical (unpaired) electrons. The third-order valence-electron chi connectivity index (χ3n) is 3.23. The highest BCUT2D eigenvalue weighted by atomic mass is 32.2. The Morgan fingerprint density at radius 1 is 1.50 bits per heavy atom. The van der Waals surface area contributed by atoms with Crippen LogP contribution in [-0.2, 0) is 14.7 Å². The van der Waals surface area contributed by atoms with E-state index in [2.05, 4.69) is 4.36 Å². The number of nitrogens with zero attached hydrogens (tertiary/aromatic N) is 1. The lowest BCUT2D eigenvalue weighted by Gasteiger charge is -2.14. The highest BCUT2D eigenvalue weighted by Crippen LogP contribution is 2.33. The Balaban J connectivity index is 2.40. The van der Waals surface area contributed by atoms with E-state index in [1.54, 1.807) is 5.38 Å². The van der Waals surface area contributed by atoms with Crippen LogP contribution >= 0.6 is 22.7 Å². The molecule has 8 heteroatoms. The second-order valence-corrected chi connectivity index (χ2v) is 8.21. The molecule has 4 N–H and O–H groups in total. The fourth-order valence-corrected chi connectivity index (χ4v) is 5.67. The Morgan fingerprint density at radius 3 is 2.85 bits per heavy atom. The molecule has 0 saturated carbocycles. The van der Waals surface area contributed by atoms with Gasteiger partial charge in [0.15, 0.2) is 0 Å². The van der Waals surface area contributed by atoms with E-state index in [0.29, 0.717) is 4.90 Å². The lowest BCUT2D eigenvalue weighted by Crippen LogP contribution is -2.36. The van der Waals surface area contributed by atoms with Gasteiger partial charge in [-0.2, -0.15) is 0 Å². The Bertz CT molecular complexity index is 740. The largest absolute Gasteiger partial charge is 0.320 e. The fraction of sp³-hybridized carbons (Fsp3) is 0.417. The van der Waals surface area contributed by atoms with Crippen molar-refractivity contribution in [2.24, 2.45) is 21.2 Å². The molecule has 5 nitrogen and oxygen atoms in total. The summed E-state index contributed by atoms with van der Waals surface area (Å²) in [6.07, 6.45) is 0.752. The maximum Gasteiger partial charge on any atom is 0.272 e. The third kappa shape index (κ3) is 2.94. The van der Waals surface area contributed by atoms with E-state index in [4.69, 9.17) is 10.9 Å². The highest BCUT2D eigenvalue weighted by molar-refractivity contribution is 7.92. The summed E-state index contributed by atoms with van der Waals surface area (Å²) in [5.74, 6) is -0.617. The number of thiophene rings is 2. The average Bonchev–Trinajstić information content (AvgIpc) is 2.98. The Labute approximate surface area is 126 Å². The molecule has 0 fully saturated rings. The minimum absolute atomic E-state index is 0.0225. The molecule has 0 aliphatic heterocycles. The molecular weight excluding hydrogens is 314 g/mol. The van der Waals surface area contributed by atoms with Crippen molar-refractivity contribution < 1.29 is 9.00 Å². The number of carbonyl (C=O) groups is 1. The Kier molecular flexibility index (Phi) is 4.60. The summed E-state index contributed by atoms with van der Waals surface area (Å²) in [4.78, 5) is 12.4. The maximum atomic E-state index is 12.5. The van der Waals surface area contributed by atoms with Gasteiger partial charge in [0, 0.05) is 10.1 Å². The zero-order valence-corrected chi connectivity index (χ0v) is 13.7. The van der Waals surface area contributed by atoms with Gasteiger partial charge < -0.3 is 5.73 Å². The number of rotatable bonds is 4. The number of carbonyl (C=O) groups excluding carboxylic acids is 1. The summed E-state index contributed by atoms with van der Waals surface area (Å²) in [7, 11) is -3.23. The van der Waals surface area contributed by atoms with Crippen molar-refractivity contribution >= 4 is 47.9 Å². The summed E-state index contributed by atoms with van der Waals surface area (Å²) in [6, 6.07) is 1.16. The summed E-state index contributed by atoms with van der Waals surface area (Å²) in [6.45, 7) is 3.80. The molecule has 110 valence electrons. The van der Waals surface area contributed by atoms with E-state index in [0.717, 1.165) is 15.8 Å². The zero-order valence-electron chi connectivity index (χ0n) is 11.2.